The molecule has 0 radical (unpaired) electrons. The van der Waals surface area contributed by atoms with Gasteiger partial charge in [0.05, 0.1) is 7.11 Å². The second-order valence-electron chi connectivity index (χ2n) is 5.31. The molecule has 0 spiro atoms. The first kappa shape index (κ1) is 18.2. The summed E-state index contributed by atoms with van der Waals surface area (Å²) in [5, 5.41) is 20.0. The van der Waals surface area contributed by atoms with E-state index in [1.54, 1.807) is 18.2 Å². The number of ether oxygens (including phenoxy) is 1. The number of phenolic OH excluding ortho intramolecular Hbond substituents is 1. The molecule has 0 aliphatic heterocycles. The van der Waals surface area contributed by atoms with Crippen molar-refractivity contribution in [3.8, 4) is 11.5 Å². The summed E-state index contributed by atoms with van der Waals surface area (Å²) in [6, 6.07) is 12.0. The zero-order valence-corrected chi connectivity index (χ0v) is 13.7. The number of fused-ring (bicyclic) bond motifs is 1. The molecule has 0 aliphatic rings. The Hall–Kier alpha value is -3.15. The Balaban J connectivity index is 0.000000701. The number of methoxy groups -OCH3 is 1. The lowest BCUT2D eigenvalue weighted by molar-refractivity contribution is -0.695. The SMILES string of the molecule is COc1cc2c[n+](CCc3ccc(F)cc3)ccc2cc1O.O=C[O-]. The van der Waals surface area contributed by atoms with E-state index in [2.05, 4.69) is 4.57 Å². The van der Waals surface area contributed by atoms with Crippen molar-refractivity contribution in [2.24, 2.45) is 0 Å². The van der Waals surface area contributed by atoms with E-state index in [1.165, 1.54) is 19.2 Å². The highest BCUT2D eigenvalue weighted by Gasteiger charge is 2.08. The van der Waals surface area contributed by atoms with Crippen molar-refractivity contribution >= 4 is 17.2 Å². The number of halogens is 1. The summed E-state index contributed by atoms with van der Waals surface area (Å²) in [4.78, 5) is 8.25. The van der Waals surface area contributed by atoms with Gasteiger partial charge in [-0.15, -0.1) is 0 Å². The molecule has 25 heavy (non-hydrogen) atoms. The normalized spacial score (nSPS) is 10.0. The average molecular weight is 343 g/mol. The van der Waals surface area contributed by atoms with Gasteiger partial charge in [-0.1, -0.05) is 12.1 Å². The number of rotatable bonds is 4. The Morgan fingerprint density at radius 1 is 1.20 bits per heavy atom. The third-order valence-electron chi connectivity index (χ3n) is 3.71. The molecular weight excluding hydrogens is 325 g/mol. The first-order chi connectivity index (χ1) is 12.1. The predicted octanol–water partition coefficient (Wildman–Crippen LogP) is 1.59. The number of carboxylic acid groups (broad SMARTS) is 1. The van der Waals surface area contributed by atoms with Gasteiger partial charge in [-0.25, -0.2) is 8.96 Å². The zero-order chi connectivity index (χ0) is 18.2. The van der Waals surface area contributed by atoms with Crippen LogP contribution in [0.5, 0.6) is 11.5 Å². The second kappa shape index (κ2) is 8.63. The van der Waals surface area contributed by atoms with Crippen molar-refractivity contribution in [3.05, 3.63) is 66.2 Å². The number of carbonyl (C=O) groups is 1. The number of phenols is 1. The molecule has 0 amide bonds. The van der Waals surface area contributed by atoms with Crippen LogP contribution in [0.1, 0.15) is 5.56 Å². The van der Waals surface area contributed by atoms with Gasteiger partial charge in [-0.2, -0.15) is 0 Å². The Labute approximate surface area is 144 Å². The molecule has 0 aliphatic carbocycles. The number of carbonyl (C=O) groups excluding carboxylic acids is 1. The molecule has 1 aromatic heterocycles. The van der Waals surface area contributed by atoms with Crippen molar-refractivity contribution in [3.63, 3.8) is 0 Å². The Morgan fingerprint density at radius 3 is 2.52 bits per heavy atom. The van der Waals surface area contributed by atoms with Gasteiger partial charge in [0.25, 0.3) is 0 Å². The monoisotopic (exact) mass is 343 g/mol. The average Bonchev–Trinajstić information content (AvgIpc) is 2.61. The van der Waals surface area contributed by atoms with Crippen LogP contribution < -0.4 is 14.4 Å². The number of hydrogen-bond acceptors (Lipinski definition) is 4. The predicted molar refractivity (Wildman–Crippen MR) is 88.5 cm³/mol. The van der Waals surface area contributed by atoms with Gasteiger partial charge in [0.15, 0.2) is 30.4 Å². The highest BCUT2D eigenvalue weighted by Crippen LogP contribution is 2.30. The molecule has 2 aromatic carbocycles. The molecular formula is C19H18FNO4. The van der Waals surface area contributed by atoms with E-state index in [9.17, 15) is 9.50 Å². The number of aromatic hydroxyl groups is 1. The van der Waals surface area contributed by atoms with E-state index in [1.807, 2.05) is 24.5 Å². The summed E-state index contributed by atoms with van der Waals surface area (Å²) in [5.74, 6) is 0.386. The van der Waals surface area contributed by atoms with Crippen LogP contribution >= 0.6 is 0 Å². The van der Waals surface area contributed by atoms with Crippen molar-refractivity contribution < 1.29 is 28.7 Å². The van der Waals surface area contributed by atoms with Gasteiger partial charge in [0.1, 0.15) is 5.82 Å². The van der Waals surface area contributed by atoms with Crippen LogP contribution in [0.2, 0.25) is 0 Å². The van der Waals surface area contributed by atoms with Crippen LogP contribution in [0.3, 0.4) is 0 Å². The van der Waals surface area contributed by atoms with E-state index in [0.717, 1.165) is 29.3 Å². The van der Waals surface area contributed by atoms with Gasteiger partial charge in [0.2, 0.25) is 0 Å². The summed E-state index contributed by atoms with van der Waals surface area (Å²) >= 11 is 0. The summed E-state index contributed by atoms with van der Waals surface area (Å²) in [6.07, 6.45) is 4.81. The third-order valence-corrected chi connectivity index (χ3v) is 3.71. The minimum Gasteiger partial charge on any atom is -0.554 e. The summed E-state index contributed by atoms with van der Waals surface area (Å²) in [5.41, 5.74) is 1.09. The minimum atomic E-state index is -0.500. The van der Waals surface area contributed by atoms with Crippen LogP contribution in [0.4, 0.5) is 4.39 Å². The maximum absolute atomic E-state index is 12.9. The molecule has 3 aromatic rings. The lowest BCUT2D eigenvalue weighted by Gasteiger charge is -2.05. The summed E-state index contributed by atoms with van der Waals surface area (Å²) < 4.78 is 20.1. The van der Waals surface area contributed by atoms with E-state index in [-0.39, 0.29) is 11.6 Å². The first-order valence-electron chi connectivity index (χ1n) is 7.57. The van der Waals surface area contributed by atoms with Crippen molar-refractivity contribution in [1.29, 1.82) is 0 Å². The molecule has 0 atom stereocenters. The van der Waals surface area contributed by atoms with Crippen LogP contribution in [0.25, 0.3) is 10.8 Å². The molecule has 6 heteroatoms. The molecule has 0 bridgehead atoms. The fourth-order valence-corrected chi connectivity index (χ4v) is 2.47. The third kappa shape index (κ3) is 4.91. The highest BCUT2D eigenvalue weighted by molar-refractivity contribution is 5.84. The quantitative estimate of drug-likeness (QED) is 0.577. The van der Waals surface area contributed by atoms with Gasteiger partial charge < -0.3 is 19.7 Å². The van der Waals surface area contributed by atoms with Crippen molar-refractivity contribution in [2.45, 2.75) is 13.0 Å². The van der Waals surface area contributed by atoms with E-state index in [4.69, 9.17) is 14.6 Å². The molecule has 0 saturated carbocycles. The number of aryl methyl sites for hydroxylation is 2. The maximum Gasteiger partial charge on any atom is 0.176 e. The number of benzene rings is 2. The largest absolute Gasteiger partial charge is 0.554 e. The molecule has 1 heterocycles. The number of nitrogens with zero attached hydrogens (tertiary/aromatic N) is 1. The molecule has 0 saturated heterocycles. The van der Waals surface area contributed by atoms with Gasteiger partial charge >= 0.3 is 0 Å². The zero-order valence-electron chi connectivity index (χ0n) is 13.7. The van der Waals surface area contributed by atoms with E-state index >= 15 is 0 Å². The first-order valence-corrected chi connectivity index (χ1v) is 7.57. The smallest absolute Gasteiger partial charge is 0.176 e. The molecule has 0 fully saturated rings. The number of aromatic nitrogens is 1. The summed E-state index contributed by atoms with van der Waals surface area (Å²) in [7, 11) is 1.53. The number of pyridine rings is 1. The Kier molecular flexibility index (Phi) is 6.28. The Bertz CT molecular complexity index is 850. The minimum absolute atomic E-state index is 0.138. The van der Waals surface area contributed by atoms with E-state index in [0.29, 0.717) is 5.75 Å². The topological polar surface area (TPSA) is 73.5 Å². The maximum atomic E-state index is 12.9. The molecule has 0 unspecified atom stereocenters. The molecule has 1 N–H and O–H groups in total. The highest BCUT2D eigenvalue weighted by atomic mass is 19.1. The summed E-state index contributed by atoms with van der Waals surface area (Å²) in [6.45, 7) is 0.296. The van der Waals surface area contributed by atoms with E-state index < -0.39 is 6.47 Å². The fraction of sp³-hybridized carbons (Fsp3) is 0.158. The standard InChI is InChI=1S/C18H16FNO2.CH2O2/c1-22-18-11-15-12-20(9-7-14(15)10-17(18)21)8-6-13-2-4-16(19)5-3-13;2-1-3/h2-5,7,9-12H,6,8H2,1H3;1H,(H,2,3). The van der Waals surface area contributed by atoms with Gasteiger partial charge in [-0.3, -0.25) is 0 Å². The van der Waals surface area contributed by atoms with Crippen molar-refractivity contribution in [2.75, 3.05) is 7.11 Å². The molecule has 130 valence electrons. The molecule has 3 rings (SSSR count). The van der Waals surface area contributed by atoms with Crippen molar-refractivity contribution in [1.82, 2.24) is 0 Å². The number of hydrogen-bond donors (Lipinski definition) is 1. The van der Waals surface area contributed by atoms with Gasteiger partial charge in [0, 0.05) is 24.3 Å². The van der Waals surface area contributed by atoms with Crippen LogP contribution in [0, 0.1) is 5.82 Å². The second-order valence-corrected chi connectivity index (χ2v) is 5.31. The lowest BCUT2D eigenvalue weighted by atomic mass is 10.1. The molecule has 5 nitrogen and oxygen atoms in total. The van der Waals surface area contributed by atoms with Gasteiger partial charge in [-0.05, 0) is 35.2 Å². The van der Waals surface area contributed by atoms with Crippen LogP contribution in [-0.4, -0.2) is 18.7 Å². The van der Waals surface area contributed by atoms with Crippen LogP contribution in [-0.2, 0) is 17.8 Å². The Morgan fingerprint density at radius 2 is 1.88 bits per heavy atom. The lowest BCUT2D eigenvalue weighted by Crippen LogP contribution is -2.33. The van der Waals surface area contributed by atoms with Crippen LogP contribution in [0.15, 0.2) is 54.9 Å². The fourth-order valence-electron chi connectivity index (χ4n) is 2.47.